The standard InChI is InChI=1S/C13H19N3O3S/c1-16-12(10-5-6-10)11(7-14-16)13(17)15-20(18,19)8-9-3-2-4-9/h7,9-10H,2-6,8H2,1H3,(H,15,17). The third-order valence-electron chi connectivity index (χ3n) is 4.12. The zero-order valence-corrected chi connectivity index (χ0v) is 12.3. The maximum absolute atomic E-state index is 12.2. The molecular formula is C13H19N3O3S. The van der Waals surface area contributed by atoms with E-state index in [-0.39, 0.29) is 11.7 Å². The summed E-state index contributed by atoms with van der Waals surface area (Å²) in [5.41, 5.74) is 1.24. The number of nitrogens with one attached hydrogen (secondary N) is 1. The highest BCUT2D eigenvalue weighted by Gasteiger charge is 2.33. The summed E-state index contributed by atoms with van der Waals surface area (Å²) in [5, 5.41) is 4.08. The van der Waals surface area contributed by atoms with Crippen molar-refractivity contribution in [2.24, 2.45) is 13.0 Å². The van der Waals surface area contributed by atoms with E-state index in [4.69, 9.17) is 0 Å². The number of nitrogens with zero attached hydrogens (tertiary/aromatic N) is 2. The lowest BCUT2D eigenvalue weighted by atomic mass is 9.87. The van der Waals surface area contributed by atoms with E-state index in [9.17, 15) is 13.2 Å². The van der Waals surface area contributed by atoms with Gasteiger partial charge >= 0.3 is 0 Å². The molecule has 3 rings (SSSR count). The van der Waals surface area contributed by atoms with Crippen LogP contribution in [0.2, 0.25) is 0 Å². The second kappa shape index (κ2) is 4.87. The van der Waals surface area contributed by atoms with Crippen LogP contribution in [0.1, 0.15) is 54.1 Å². The molecular weight excluding hydrogens is 278 g/mol. The van der Waals surface area contributed by atoms with Gasteiger partial charge in [-0.25, -0.2) is 13.1 Å². The van der Waals surface area contributed by atoms with Crippen molar-refractivity contribution in [2.45, 2.75) is 38.0 Å². The van der Waals surface area contributed by atoms with Gasteiger partial charge in [-0.15, -0.1) is 0 Å². The largest absolute Gasteiger partial charge is 0.272 e. The van der Waals surface area contributed by atoms with Crippen LogP contribution in [0.3, 0.4) is 0 Å². The molecule has 1 aromatic heterocycles. The van der Waals surface area contributed by atoms with Gasteiger partial charge in [-0.1, -0.05) is 6.42 Å². The van der Waals surface area contributed by atoms with Gasteiger partial charge in [0, 0.05) is 13.0 Å². The topological polar surface area (TPSA) is 81.1 Å². The fourth-order valence-corrected chi connectivity index (χ4v) is 4.10. The minimum atomic E-state index is -3.54. The molecule has 0 unspecified atom stereocenters. The summed E-state index contributed by atoms with van der Waals surface area (Å²) in [4.78, 5) is 12.2. The molecule has 0 aromatic carbocycles. The molecule has 20 heavy (non-hydrogen) atoms. The molecule has 0 aliphatic heterocycles. The summed E-state index contributed by atoms with van der Waals surface area (Å²) in [5.74, 6) is 0.0617. The zero-order chi connectivity index (χ0) is 14.3. The molecule has 1 N–H and O–H groups in total. The minimum Gasteiger partial charge on any atom is -0.272 e. The Morgan fingerprint density at radius 2 is 2.10 bits per heavy atom. The quantitative estimate of drug-likeness (QED) is 0.884. The first kappa shape index (κ1) is 13.6. The van der Waals surface area contributed by atoms with Gasteiger partial charge < -0.3 is 0 Å². The summed E-state index contributed by atoms with van der Waals surface area (Å²) in [7, 11) is -1.75. The van der Waals surface area contributed by atoms with Crippen LogP contribution in [-0.4, -0.2) is 29.9 Å². The van der Waals surface area contributed by atoms with Gasteiger partial charge in [0.25, 0.3) is 5.91 Å². The van der Waals surface area contributed by atoms with Crippen LogP contribution in [0, 0.1) is 5.92 Å². The molecule has 7 heteroatoms. The molecule has 1 aromatic rings. The molecule has 0 atom stereocenters. The minimum absolute atomic E-state index is 0.0533. The Morgan fingerprint density at radius 1 is 1.40 bits per heavy atom. The number of amides is 1. The summed E-state index contributed by atoms with van der Waals surface area (Å²) >= 11 is 0. The van der Waals surface area contributed by atoms with E-state index in [0.29, 0.717) is 11.5 Å². The van der Waals surface area contributed by atoms with E-state index in [1.54, 1.807) is 11.7 Å². The van der Waals surface area contributed by atoms with Crippen molar-refractivity contribution >= 4 is 15.9 Å². The van der Waals surface area contributed by atoms with Gasteiger partial charge in [0.15, 0.2) is 0 Å². The fraction of sp³-hybridized carbons (Fsp3) is 0.692. The van der Waals surface area contributed by atoms with Crippen molar-refractivity contribution in [1.82, 2.24) is 14.5 Å². The molecule has 2 aliphatic carbocycles. The lowest BCUT2D eigenvalue weighted by Crippen LogP contribution is -2.36. The summed E-state index contributed by atoms with van der Waals surface area (Å²) in [6.45, 7) is 0. The van der Waals surface area contributed by atoms with Gasteiger partial charge in [-0.3, -0.25) is 9.48 Å². The SMILES string of the molecule is Cn1ncc(C(=O)NS(=O)(=O)CC2CCC2)c1C1CC1. The summed E-state index contributed by atoms with van der Waals surface area (Å²) in [6, 6.07) is 0. The van der Waals surface area contributed by atoms with E-state index < -0.39 is 15.9 Å². The number of carbonyl (C=O) groups excluding carboxylic acids is 1. The molecule has 0 spiro atoms. The number of carbonyl (C=O) groups is 1. The average molecular weight is 297 g/mol. The smallest absolute Gasteiger partial charge is 0.268 e. The Labute approximate surface area is 118 Å². The Kier molecular flexibility index (Phi) is 3.32. The van der Waals surface area contributed by atoms with Crippen LogP contribution in [-0.2, 0) is 17.1 Å². The highest BCUT2D eigenvalue weighted by Crippen LogP contribution is 2.41. The highest BCUT2D eigenvalue weighted by molar-refractivity contribution is 7.90. The molecule has 2 aliphatic rings. The van der Waals surface area contributed by atoms with Gasteiger partial charge in [-0.05, 0) is 31.6 Å². The first-order valence-corrected chi connectivity index (χ1v) is 8.68. The van der Waals surface area contributed by atoms with Crippen LogP contribution in [0.5, 0.6) is 0 Å². The van der Waals surface area contributed by atoms with Crippen molar-refractivity contribution in [2.75, 3.05) is 5.75 Å². The van der Waals surface area contributed by atoms with Crippen LogP contribution < -0.4 is 4.72 Å². The Bertz CT molecular complexity index is 627. The number of hydrogen-bond donors (Lipinski definition) is 1. The van der Waals surface area contributed by atoms with Gasteiger partial charge in [0.05, 0.1) is 23.2 Å². The Morgan fingerprint density at radius 3 is 2.65 bits per heavy atom. The second-order valence-electron chi connectivity index (χ2n) is 5.85. The molecule has 0 radical (unpaired) electrons. The lowest BCUT2D eigenvalue weighted by Gasteiger charge is -2.24. The first-order chi connectivity index (χ1) is 9.46. The van der Waals surface area contributed by atoms with E-state index in [1.807, 2.05) is 0 Å². The maximum atomic E-state index is 12.2. The number of aryl methyl sites for hydroxylation is 1. The zero-order valence-electron chi connectivity index (χ0n) is 11.5. The van der Waals surface area contributed by atoms with Gasteiger partial charge in [0.2, 0.25) is 10.0 Å². The third-order valence-corrected chi connectivity index (χ3v) is 5.53. The van der Waals surface area contributed by atoms with E-state index in [1.165, 1.54) is 6.20 Å². The Hall–Kier alpha value is -1.37. The molecule has 110 valence electrons. The van der Waals surface area contributed by atoms with E-state index >= 15 is 0 Å². The molecule has 1 amide bonds. The number of aromatic nitrogens is 2. The van der Waals surface area contributed by atoms with Gasteiger partial charge in [-0.2, -0.15) is 5.10 Å². The molecule has 0 saturated heterocycles. The Balaban J connectivity index is 1.72. The normalized spacial score (nSPS) is 19.6. The molecule has 1 heterocycles. The van der Waals surface area contributed by atoms with Gasteiger partial charge in [0.1, 0.15) is 0 Å². The van der Waals surface area contributed by atoms with Crippen LogP contribution in [0.25, 0.3) is 0 Å². The average Bonchev–Trinajstić information content (AvgIpc) is 3.07. The number of sulfonamides is 1. The van der Waals surface area contributed by atoms with Crippen molar-refractivity contribution in [1.29, 1.82) is 0 Å². The molecule has 0 bridgehead atoms. The fourth-order valence-electron chi connectivity index (χ4n) is 2.67. The van der Waals surface area contributed by atoms with E-state index in [0.717, 1.165) is 37.8 Å². The van der Waals surface area contributed by atoms with Crippen molar-refractivity contribution < 1.29 is 13.2 Å². The third kappa shape index (κ3) is 2.72. The van der Waals surface area contributed by atoms with Crippen LogP contribution >= 0.6 is 0 Å². The molecule has 2 saturated carbocycles. The predicted molar refractivity (Wildman–Crippen MR) is 73.8 cm³/mol. The molecule has 2 fully saturated rings. The van der Waals surface area contributed by atoms with E-state index in [2.05, 4.69) is 9.82 Å². The number of hydrogen-bond acceptors (Lipinski definition) is 4. The molecule has 6 nitrogen and oxygen atoms in total. The van der Waals surface area contributed by atoms with Crippen molar-refractivity contribution in [3.05, 3.63) is 17.5 Å². The summed E-state index contributed by atoms with van der Waals surface area (Å²) in [6.07, 6.45) is 6.50. The predicted octanol–water partition coefficient (Wildman–Crippen LogP) is 1.16. The lowest BCUT2D eigenvalue weighted by molar-refractivity contribution is 0.0980. The number of rotatable bonds is 5. The first-order valence-electron chi connectivity index (χ1n) is 7.03. The maximum Gasteiger partial charge on any atom is 0.268 e. The highest BCUT2D eigenvalue weighted by atomic mass is 32.2. The summed E-state index contributed by atoms with van der Waals surface area (Å²) < 4.78 is 27.8. The second-order valence-corrected chi connectivity index (χ2v) is 7.62. The van der Waals surface area contributed by atoms with Crippen molar-refractivity contribution in [3.63, 3.8) is 0 Å². The van der Waals surface area contributed by atoms with Crippen LogP contribution in [0.15, 0.2) is 6.20 Å². The van der Waals surface area contributed by atoms with Crippen LogP contribution in [0.4, 0.5) is 0 Å². The monoisotopic (exact) mass is 297 g/mol. The van der Waals surface area contributed by atoms with Crippen molar-refractivity contribution in [3.8, 4) is 0 Å².